The van der Waals surface area contributed by atoms with Crippen LogP contribution in [-0.4, -0.2) is 54.6 Å². The van der Waals surface area contributed by atoms with Crippen LogP contribution in [0.15, 0.2) is 45.1 Å². The van der Waals surface area contributed by atoms with Gasteiger partial charge in [0.25, 0.3) is 5.56 Å². The Morgan fingerprint density at radius 3 is 2.86 bits per heavy atom. The number of aromatic nitrogens is 2. The molecule has 2 heterocycles. The standard InChI is InChI=1S/C19H21BrN2O7/c20-7-4-11-10-22(18(27)21-17(11)26)14-8-12(23)16(29-14)15(25)13(24)9-19(28)5-2-1-3-6-19/h1-5,7,10,12,14-16,23,25,28H,6,8-9H2,(H,21,26,27)/b7-4+/t12-,14+,15?,16-,19?/m0/s1. The van der Waals surface area contributed by atoms with Crippen molar-refractivity contribution in [2.45, 2.75) is 49.4 Å². The molecule has 1 aromatic heterocycles. The number of Topliss-reactive ketones (excluding diaryl/α,β-unsaturated/α-hetero) is 1. The van der Waals surface area contributed by atoms with Crippen LogP contribution in [0.25, 0.3) is 6.08 Å². The minimum absolute atomic E-state index is 0.0642. The summed E-state index contributed by atoms with van der Waals surface area (Å²) in [4.78, 5) is 40.0. The lowest BCUT2D eigenvalue weighted by Crippen LogP contribution is -2.43. The second kappa shape index (κ2) is 8.72. The molecule has 4 N–H and O–H groups in total. The van der Waals surface area contributed by atoms with Gasteiger partial charge in [0.15, 0.2) is 5.78 Å². The van der Waals surface area contributed by atoms with Crippen molar-refractivity contribution in [1.29, 1.82) is 0 Å². The average molecular weight is 469 g/mol. The van der Waals surface area contributed by atoms with Gasteiger partial charge in [-0.3, -0.25) is 19.1 Å². The third-order valence-electron chi connectivity index (χ3n) is 4.93. The van der Waals surface area contributed by atoms with Gasteiger partial charge in [-0.05, 0) is 17.5 Å². The molecule has 0 spiro atoms. The Balaban J connectivity index is 1.75. The number of carbonyl (C=O) groups excluding carboxylic acids is 1. The minimum Gasteiger partial charge on any atom is -0.390 e. The number of nitrogens with one attached hydrogen (secondary N) is 1. The van der Waals surface area contributed by atoms with E-state index in [0.29, 0.717) is 0 Å². The van der Waals surface area contributed by atoms with Gasteiger partial charge in [0.2, 0.25) is 0 Å². The van der Waals surface area contributed by atoms with Gasteiger partial charge in [-0.1, -0.05) is 40.2 Å². The number of nitrogens with zero attached hydrogens (tertiary/aromatic N) is 1. The zero-order valence-electron chi connectivity index (χ0n) is 15.3. The molecule has 1 aliphatic carbocycles. The first kappa shape index (κ1) is 21.6. The fraction of sp³-hybridized carbons (Fsp3) is 0.421. The van der Waals surface area contributed by atoms with Crippen LogP contribution in [0.1, 0.15) is 31.1 Å². The van der Waals surface area contributed by atoms with E-state index in [2.05, 4.69) is 20.9 Å². The maximum absolute atomic E-state index is 12.5. The Labute approximate surface area is 173 Å². The Kier molecular flexibility index (Phi) is 6.49. The number of carbonyl (C=O) groups is 1. The Morgan fingerprint density at radius 1 is 1.45 bits per heavy atom. The van der Waals surface area contributed by atoms with E-state index in [0.717, 1.165) is 4.57 Å². The Hall–Kier alpha value is -2.11. The van der Waals surface area contributed by atoms with Gasteiger partial charge >= 0.3 is 5.69 Å². The molecule has 2 unspecified atom stereocenters. The van der Waals surface area contributed by atoms with E-state index >= 15 is 0 Å². The zero-order valence-corrected chi connectivity index (χ0v) is 16.9. The molecule has 1 fully saturated rings. The molecule has 1 aliphatic heterocycles. The van der Waals surface area contributed by atoms with Gasteiger partial charge in [-0.2, -0.15) is 0 Å². The van der Waals surface area contributed by atoms with E-state index in [-0.39, 0.29) is 24.8 Å². The lowest BCUT2D eigenvalue weighted by molar-refractivity contribution is -0.144. The van der Waals surface area contributed by atoms with Gasteiger partial charge in [-0.15, -0.1) is 0 Å². The van der Waals surface area contributed by atoms with Gasteiger partial charge in [-0.25, -0.2) is 4.79 Å². The highest BCUT2D eigenvalue weighted by Crippen LogP contribution is 2.31. The summed E-state index contributed by atoms with van der Waals surface area (Å²) in [6.45, 7) is 0. The van der Waals surface area contributed by atoms with Crippen molar-refractivity contribution in [2.24, 2.45) is 0 Å². The quantitative estimate of drug-likeness (QED) is 0.464. The second-order valence-electron chi connectivity index (χ2n) is 7.08. The SMILES string of the molecule is O=C(CC1(O)C=CC=CC1)C(O)[C@H]1O[C@@H](n2cc(/C=C/Br)c(=O)[nH]c2=O)C[C@@H]1O. The van der Waals surface area contributed by atoms with E-state index in [1.807, 2.05) is 0 Å². The molecule has 156 valence electrons. The number of hydrogen-bond donors (Lipinski definition) is 4. The van der Waals surface area contributed by atoms with Crippen LogP contribution in [0.2, 0.25) is 0 Å². The summed E-state index contributed by atoms with van der Waals surface area (Å²) in [6.07, 6.45) is 3.92. The smallest absolute Gasteiger partial charge is 0.330 e. The maximum atomic E-state index is 12.5. The summed E-state index contributed by atoms with van der Waals surface area (Å²) in [7, 11) is 0. The molecular formula is C19H21BrN2O7. The van der Waals surface area contributed by atoms with E-state index in [9.17, 15) is 29.7 Å². The molecule has 0 amide bonds. The molecule has 5 atom stereocenters. The predicted molar refractivity (Wildman–Crippen MR) is 107 cm³/mol. The summed E-state index contributed by atoms with van der Waals surface area (Å²) in [5.74, 6) is -0.686. The highest BCUT2D eigenvalue weighted by Gasteiger charge is 2.43. The van der Waals surface area contributed by atoms with Crippen LogP contribution in [0.4, 0.5) is 0 Å². The van der Waals surface area contributed by atoms with E-state index < -0.39 is 47.2 Å². The number of aliphatic hydroxyl groups excluding tert-OH is 2. The number of halogens is 1. The predicted octanol–water partition coefficient (Wildman–Crippen LogP) is 0.118. The molecule has 2 aliphatic rings. The molecule has 0 radical (unpaired) electrons. The van der Waals surface area contributed by atoms with Gasteiger partial charge in [0, 0.05) is 19.0 Å². The normalized spacial score (nSPS) is 30.1. The third-order valence-corrected chi connectivity index (χ3v) is 5.20. The highest BCUT2D eigenvalue weighted by molar-refractivity contribution is 9.11. The number of aliphatic hydroxyl groups is 3. The van der Waals surface area contributed by atoms with E-state index in [1.165, 1.54) is 23.3 Å². The van der Waals surface area contributed by atoms with Crippen molar-refractivity contribution >= 4 is 27.8 Å². The first-order valence-electron chi connectivity index (χ1n) is 8.97. The van der Waals surface area contributed by atoms with Crippen molar-refractivity contribution in [3.05, 3.63) is 61.9 Å². The van der Waals surface area contributed by atoms with Crippen molar-refractivity contribution in [2.75, 3.05) is 0 Å². The van der Waals surface area contributed by atoms with Gasteiger partial charge in [0.05, 0.1) is 17.3 Å². The van der Waals surface area contributed by atoms with Crippen molar-refractivity contribution in [3.63, 3.8) is 0 Å². The number of rotatable bonds is 6. The number of hydrogen-bond acceptors (Lipinski definition) is 7. The molecule has 10 heteroatoms. The van der Waals surface area contributed by atoms with Crippen LogP contribution >= 0.6 is 15.9 Å². The number of allylic oxidation sites excluding steroid dienone is 2. The summed E-state index contributed by atoms with van der Waals surface area (Å²) in [5, 5.41) is 31.1. The van der Waals surface area contributed by atoms with Crippen LogP contribution < -0.4 is 11.2 Å². The average Bonchev–Trinajstić information content (AvgIpc) is 3.05. The van der Waals surface area contributed by atoms with Gasteiger partial charge in [0.1, 0.15) is 18.4 Å². The van der Waals surface area contributed by atoms with Crippen LogP contribution in [0.5, 0.6) is 0 Å². The molecule has 9 nitrogen and oxygen atoms in total. The zero-order chi connectivity index (χ0) is 21.2. The van der Waals surface area contributed by atoms with Crippen molar-refractivity contribution in [3.8, 4) is 0 Å². The number of H-pyrrole nitrogens is 1. The first-order valence-corrected chi connectivity index (χ1v) is 9.89. The monoisotopic (exact) mass is 468 g/mol. The summed E-state index contributed by atoms with van der Waals surface area (Å²) in [6, 6.07) is 0. The Morgan fingerprint density at radius 2 is 2.21 bits per heavy atom. The Bertz CT molecular complexity index is 980. The van der Waals surface area contributed by atoms with Crippen LogP contribution in [-0.2, 0) is 9.53 Å². The lowest BCUT2D eigenvalue weighted by Gasteiger charge is -2.27. The topological polar surface area (TPSA) is 142 Å². The largest absolute Gasteiger partial charge is 0.390 e. The van der Waals surface area contributed by atoms with Gasteiger partial charge < -0.3 is 20.1 Å². The maximum Gasteiger partial charge on any atom is 0.330 e. The molecule has 0 bridgehead atoms. The molecule has 1 aromatic rings. The van der Waals surface area contributed by atoms with Crippen LogP contribution in [0.3, 0.4) is 0 Å². The van der Waals surface area contributed by atoms with Crippen molar-refractivity contribution < 1.29 is 24.9 Å². The molecule has 0 saturated carbocycles. The summed E-state index contributed by atoms with van der Waals surface area (Å²) < 4.78 is 6.68. The summed E-state index contributed by atoms with van der Waals surface area (Å²) in [5.41, 5.74) is -2.55. The van der Waals surface area contributed by atoms with E-state index in [1.54, 1.807) is 18.2 Å². The fourth-order valence-electron chi connectivity index (χ4n) is 3.41. The molecule has 3 rings (SSSR count). The second-order valence-corrected chi connectivity index (χ2v) is 7.61. The first-order chi connectivity index (χ1) is 13.7. The third kappa shape index (κ3) is 4.73. The highest BCUT2D eigenvalue weighted by atomic mass is 79.9. The molecule has 29 heavy (non-hydrogen) atoms. The minimum atomic E-state index is -1.68. The number of aromatic amines is 1. The summed E-state index contributed by atoms with van der Waals surface area (Å²) >= 11 is 3.05. The van der Waals surface area contributed by atoms with E-state index in [4.69, 9.17) is 4.74 Å². The number of ketones is 1. The molecular weight excluding hydrogens is 448 g/mol. The van der Waals surface area contributed by atoms with Crippen molar-refractivity contribution in [1.82, 2.24) is 9.55 Å². The molecule has 0 aromatic carbocycles. The number of ether oxygens (including phenoxy) is 1. The fourth-order valence-corrected chi connectivity index (χ4v) is 3.69. The molecule has 1 saturated heterocycles. The van der Waals surface area contributed by atoms with Crippen LogP contribution in [0, 0.1) is 0 Å². The lowest BCUT2D eigenvalue weighted by atomic mass is 9.87.